The van der Waals surface area contributed by atoms with Gasteiger partial charge in [-0.05, 0) is 54.4 Å². The SMILES string of the molecule is Cc1ccccc1-c1c2/c(=C(\C#N)c3nc4ccccc4s3)n([B]c3ccccc3)c(Cc3ccc(OS(=O)(=O)C(F)(F)C(F)(F)C(F)(F)S(=O)(=O)NS(=O)(=O)C(F)(F)F)cc3)c2/c(=C(\C#N)c2nc3ccccc3s2)n1B(c1ccccc1)c1ccccc1. The van der Waals surface area contributed by atoms with Crippen LogP contribution >= 0.6 is 22.7 Å². The van der Waals surface area contributed by atoms with Crippen LogP contribution in [0.4, 0.5) is 39.5 Å². The highest BCUT2D eigenvalue weighted by Gasteiger charge is 2.83. The van der Waals surface area contributed by atoms with E-state index in [4.69, 9.17) is 9.97 Å². The van der Waals surface area contributed by atoms with Crippen LogP contribution < -0.4 is 35.4 Å². The van der Waals surface area contributed by atoms with Crippen molar-refractivity contribution in [3.63, 3.8) is 0 Å². The Morgan fingerprint density at radius 2 is 1.07 bits per heavy atom. The van der Waals surface area contributed by atoms with Gasteiger partial charge in [-0.2, -0.15) is 58.5 Å². The summed E-state index contributed by atoms with van der Waals surface area (Å²) >= 11 is 2.46. The van der Waals surface area contributed by atoms with E-state index >= 15 is 17.6 Å². The normalized spacial score (nSPS) is 13.5. The molecule has 90 heavy (non-hydrogen) atoms. The van der Waals surface area contributed by atoms with Crippen molar-refractivity contribution < 1.29 is 69.0 Å². The van der Waals surface area contributed by atoms with Gasteiger partial charge >= 0.3 is 48.9 Å². The number of fused-ring (bicyclic) bond motifs is 3. The molecule has 0 saturated heterocycles. The molecule has 0 aliphatic rings. The molecule has 30 heteroatoms. The number of rotatable bonds is 18. The van der Waals surface area contributed by atoms with E-state index in [0.717, 1.165) is 38.0 Å². The van der Waals surface area contributed by atoms with E-state index in [1.54, 1.807) is 66.5 Å². The molecule has 0 spiro atoms. The number of aryl methyl sites for hydroxylation is 1. The Hall–Kier alpha value is -9.03. The zero-order valence-corrected chi connectivity index (χ0v) is 49.8. The zero-order valence-electron chi connectivity index (χ0n) is 45.7. The minimum Gasteiger partial charge on any atom is -0.386 e. The summed E-state index contributed by atoms with van der Waals surface area (Å²) in [6.07, 6.45) is -0.318. The Balaban J connectivity index is 1.23. The fourth-order valence-corrected chi connectivity index (χ4v) is 15.5. The maximum Gasteiger partial charge on any atom is 0.512 e. The van der Waals surface area contributed by atoms with Crippen molar-refractivity contribution in [2.24, 2.45) is 0 Å². The van der Waals surface area contributed by atoms with E-state index in [1.807, 2.05) is 121 Å². The van der Waals surface area contributed by atoms with Gasteiger partial charge in [-0.1, -0.05) is 172 Å². The highest BCUT2D eigenvalue weighted by Crippen LogP contribution is 2.51. The van der Waals surface area contributed by atoms with Crippen LogP contribution in [0.1, 0.15) is 26.8 Å². The molecule has 4 heterocycles. The molecule has 1 N–H and O–H groups in total. The topological polar surface area (TPSA) is 207 Å². The third-order valence-corrected chi connectivity index (χ3v) is 21.0. The maximum atomic E-state index is 15.5. The van der Waals surface area contributed by atoms with Crippen molar-refractivity contribution in [3.05, 3.63) is 226 Å². The summed E-state index contributed by atoms with van der Waals surface area (Å²) < 4.78 is 212. The molecule has 7 aromatic carbocycles. The molecule has 0 aliphatic heterocycles. The first-order valence-corrected chi connectivity index (χ1v) is 32.3. The van der Waals surface area contributed by atoms with E-state index < -0.39 is 68.8 Å². The number of aromatic nitrogens is 4. The van der Waals surface area contributed by atoms with Gasteiger partial charge in [-0.25, -0.2) is 26.8 Å². The van der Waals surface area contributed by atoms with E-state index in [1.165, 1.54) is 22.7 Å². The predicted molar refractivity (Wildman–Crippen MR) is 326 cm³/mol. The van der Waals surface area contributed by atoms with Crippen molar-refractivity contribution in [1.29, 1.82) is 10.5 Å². The quantitative estimate of drug-likeness (QED) is 0.0486. The number of sulfonamides is 2. The molecule has 453 valence electrons. The van der Waals surface area contributed by atoms with Gasteiger partial charge in [-0.3, -0.25) is 0 Å². The van der Waals surface area contributed by atoms with Crippen LogP contribution in [0.25, 0.3) is 53.6 Å². The first kappa shape index (κ1) is 62.6. The number of hydrogen-bond donors (Lipinski definition) is 1. The standard InChI is InChI=1S/C60H37B2F9N7O7S5/c1-36-17-11-12-24-42(36)53-51-50(54(44(35-73)56-75-46-26-14-16-28-49(46)87-56)78(53)62(39-20-7-3-8-21-39)40-22-9-4-10-23-40)47(77(61-38-18-5-2-6-19-38)52(51)43(34-72)55-74-45-25-13-15-27-48(45)86-55)33-37-29-31-41(32-30-37)85-90(83,84)59(67,68)57(63,64)58(65,66)88(79,80)76-89(81,82)60(69,70)71/h2-32,76H,33H2,1H3/b52-43-,54-44-. The van der Waals surface area contributed by atoms with Crippen molar-refractivity contribution in [1.82, 2.24) is 23.1 Å². The molecular weight excluding hydrogens is 1280 g/mol. The summed E-state index contributed by atoms with van der Waals surface area (Å²) in [7, 11) is -21.3. The number of para-hydroxylation sites is 2. The van der Waals surface area contributed by atoms with Crippen molar-refractivity contribution in [3.8, 4) is 29.1 Å². The molecule has 0 fully saturated rings. The van der Waals surface area contributed by atoms with Gasteiger partial charge in [0.05, 0.1) is 31.1 Å². The monoisotopic (exact) mass is 1320 g/mol. The van der Waals surface area contributed by atoms with Crippen LogP contribution in [0.15, 0.2) is 188 Å². The minimum absolute atomic E-state index is 0.0513. The van der Waals surface area contributed by atoms with Gasteiger partial charge in [0.25, 0.3) is 17.4 Å². The molecule has 0 aliphatic carbocycles. The smallest absolute Gasteiger partial charge is 0.386 e. The number of benzene rings is 7. The Morgan fingerprint density at radius 3 is 1.57 bits per heavy atom. The Morgan fingerprint density at radius 1 is 0.589 bits per heavy atom. The first-order chi connectivity index (χ1) is 42.6. The first-order valence-electron chi connectivity index (χ1n) is 26.3. The van der Waals surface area contributed by atoms with E-state index in [9.17, 15) is 57.7 Å². The third kappa shape index (κ3) is 10.9. The summed E-state index contributed by atoms with van der Waals surface area (Å²) in [5.74, 6) is -9.01. The lowest BCUT2D eigenvalue weighted by atomic mass is 9.50. The molecule has 14 nitrogen and oxygen atoms in total. The minimum atomic E-state index is -8.05. The molecule has 4 aromatic heterocycles. The average molecular weight is 1320 g/mol. The molecule has 0 saturated carbocycles. The van der Waals surface area contributed by atoms with Gasteiger partial charge in [0, 0.05) is 34.1 Å². The Bertz CT molecular complexity index is 5110. The number of halogens is 9. The van der Waals surface area contributed by atoms with Crippen molar-refractivity contribution >= 4 is 126 Å². The number of nitrogens with one attached hydrogen (secondary N) is 1. The summed E-state index contributed by atoms with van der Waals surface area (Å²) in [5.41, 5.74) is -1.16. The average Bonchev–Trinajstić information content (AvgIpc) is 1.46. The number of alkyl halides is 9. The van der Waals surface area contributed by atoms with Crippen LogP contribution in [0.2, 0.25) is 0 Å². The van der Waals surface area contributed by atoms with Crippen LogP contribution in [-0.4, -0.2) is 80.4 Å². The lowest BCUT2D eigenvalue weighted by Gasteiger charge is -2.31. The molecule has 0 amide bonds. The van der Waals surface area contributed by atoms with Crippen LogP contribution in [0.5, 0.6) is 5.75 Å². The van der Waals surface area contributed by atoms with E-state index in [-0.39, 0.29) is 43.8 Å². The second kappa shape index (κ2) is 23.4. The fourth-order valence-electron chi connectivity index (χ4n) is 10.2. The highest BCUT2D eigenvalue weighted by molar-refractivity contribution is 8.05. The number of thiazole rings is 2. The predicted octanol–water partition coefficient (Wildman–Crippen LogP) is 9.42. The third-order valence-electron chi connectivity index (χ3n) is 14.3. The number of hydrogen-bond acceptors (Lipinski definition) is 13. The summed E-state index contributed by atoms with van der Waals surface area (Å²) in [4.78, 5) is 10.0. The maximum absolute atomic E-state index is 15.5. The molecule has 0 atom stereocenters. The molecular formula is C60H37B2F9N7O7S5. The highest BCUT2D eigenvalue weighted by atomic mass is 32.3. The summed E-state index contributed by atoms with van der Waals surface area (Å²) in [6.45, 7) is 1.10. The molecule has 11 aromatic rings. The molecule has 1 radical (unpaired) electrons. The van der Waals surface area contributed by atoms with Gasteiger partial charge < -0.3 is 13.1 Å². The van der Waals surface area contributed by atoms with E-state index in [2.05, 4.69) is 16.3 Å². The molecule has 0 bridgehead atoms. The van der Waals surface area contributed by atoms with Gasteiger partial charge in [0.15, 0.2) is 0 Å². The van der Waals surface area contributed by atoms with Crippen molar-refractivity contribution in [2.75, 3.05) is 0 Å². The van der Waals surface area contributed by atoms with Gasteiger partial charge in [-0.15, -0.1) is 22.7 Å². The fraction of sp³-hybridized carbons (Fsp3) is 0.100. The lowest BCUT2D eigenvalue weighted by Crippen LogP contribution is -2.64. The molecule has 11 rings (SSSR count). The largest absolute Gasteiger partial charge is 0.512 e. The summed E-state index contributed by atoms with van der Waals surface area (Å²) in [6, 6.07) is 58.0. The van der Waals surface area contributed by atoms with Gasteiger partial charge in [0.2, 0.25) is 0 Å². The Kier molecular flexibility index (Phi) is 16.3. The number of nitrogens with zero attached hydrogens (tertiary/aromatic N) is 6. The zero-order chi connectivity index (χ0) is 64.3. The summed E-state index contributed by atoms with van der Waals surface area (Å²) in [5, 5.41) is 10.7. The number of nitriles is 2. The van der Waals surface area contributed by atoms with Gasteiger partial charge in [0.1, 0.15) is 39.0 Å². The molecule has 0 unspecified atom stereocenters. The van der Waals surface area contributed by atoms with E-state index in [0.29, 0.717) is 56.4 Å². The second-order valence-electron chi connectivity index (χ2n) is 20.0. The lowest BCUT2D eigenvalue weighted by molar-refractivity contribution is -0.245. The Labute approximate surface area is 515 Å². The second-order valence-corrected chi connectivity index (χ2v) is 27.3. The van der Waals surface area contributed by atoms with Crippen molar-refractivity contribution in [2.45, 2.75) is 35.3 Å². The van der Waals surface area contributed by atoms with Crippen LogP contribution in [0.3, 0.4) is 0 Å². The van der Waals surface area contributed by atoms with Crippen LogP contribution in [0, 0.1) is 29.6 Å². The van der Waals surface area contributed by atoms with Crippen LogP contribution in [-0.2, 0) is 36.6 Å².